The van der Waals surface area contributed by atoms with Crippen LogP contribution < -0.4 is 4.74 Å². The van der Waals surface area contributed by atoms with Gasteiger partial charge in [-0.2, -0.15) is 0 Å². The Morgan fingerprint density at radius 3 is 2.26 bits per heavy atom. The van der Waals surface area contributed by atoms with E-state index in [1.807, 2.05) is 0 Å². The zero-order chi connectivity index (χ0) is 14.0. The Balaban J connectivity index is 2.50. The Hall–Kier alpha value is -2.30. The predicted octanol–water partition coefficient (Wildman–Crippen LogP) is 3.34. The van der Waals surface area contributed by atoms with Crippen LogP contribution in [0, 0.1) is 17.5 Å². The molecule has 0 atom stereocenters. The van der Waals surface area contributed by atoms with Gasteiger partial charge in [-0.3, -0.25) is 4.79 Å². The molecular weight excluding hydrogens is 257 g/mol. The number of benzene rings is 2. The molecule has 0 N–H and O–H groups in total. The average Bonchev–Trinajstić information content (AvgIpc) is 2.37. The van der Waals surface area contributed by atoms with Crippen LogP contribution in [0.25, 0.3) is 0 Å². The highest BCUT2D eigenvalue weighted by Gasteiger charge is 2.20. The van der Waals surface area contributed by atoms with E-state index >= 15 is 0 Å². The van der Waals surface area contributed by atoms with Gasteiger partial charge in [-0.1, -0.05) is 12.1 Å². The number of rotatable bonds is 3. The molecule has 0 aliphatic heterocycles. The standard InChI is InChI=1S/C14H9F3O2/c1-19-10-4-2-3-8(5-10)14(18)13-11(16)6-9(15)7-12(13)17/h2-7H,1H3. The number of ether oxygens (including phenoxy) is 1. The summed E-state index contributed by atoms with van der Waals surface area (Å²) in [5.41, 5.74) is -0.724. The number of halogens is 3. The second-order valence-corrected chi connectivity index (χ2v) is 3.81. The summed E-state index contributed by atoms with van der Waals surface area (Å²) in [4.78, 5) is 12.0. The lowest BCUT2D eigenvalue weighted by molar-refractivity contribution is 0.103. The molecule has 0 saturated carbocycles. The quantitative estimate of drug-likeness (QED) is 0.796. The zero-order valence-corrected chi connectivity index (χ0v) is 9.91. The number of carbonyl (C=O) groups excluding carboxylic acids is 1. The summed E-state index contributed by atoms with van der Waals surface area (Å²) in [6.07, 6.45) is 0. The maximum Gasteiger partial charge on any atom is 0.199 e. The van der Waals surface area contributed by atoms with Crippen molar-refractivity contribution in [2.45, 2.75) is 0 Å². The van der Waals surface area contributed by atoms with Crippen LogP contribution in [0.2, 0.25) is 0 Å². The molecule has 2 aromatic carbocycles. The van der Waals surface area contributed by atoms with Crippen LogP contribution in [0.5, 0.6) is 5.75 Å². The molecule has 98 valence electrons. The smallest absolute Gasteiger partial charge is 0.199 e. The summed E-state index contributed by atoms with van der Waals surface area (Å²) in [5, 5.41) is 0. The molecule has 0 unspecified atom stereocenters. The largest absolute Gasteiger partial charge is 0.497 e. The van der Waals surface area contributed by atoms with Crippen molar-refractivity contribution in [2.75, 3.05) is 7.11 Å². The van der Waals surface area contributed by atoms with Gasteiger partial charge in [0.05, 0.1) is 12.7 Å². The van der Waals surface area contributed by atoms with Gasteiger partial charge in [-0.05, 0) is 12.1 Å². The molecule has 2 aromatic rings. The summed E-state index contributed by atoms with van der Waals surface area (Å²) in [7, 11) is 1.41. The van der Waals surface area contributed by atoms with Gasteiger partial charge in [-0.25, -0.2) is 13.2 Å². The molecule has 0 radical (unpaired) electrons. The molecule has 2 nitrogen and oxygen atoms in total. The third-order valence-electron chi connectivity index (χ3n) is 2.57. The van der Waals surface area contributed by atoms with Gasteiger partial charge in [0, 0.05) is 17.7 Å². The van der Waals surface area contributed by atoms with Crippen molar-refractivity contribution in [3.8, 4) is 5.75 Å². The highest BCUT2D eigenvalue weighted by Crippen LogP contribution is 2.21. The summed E-state index contributed by atoms with van der Waals surface area (Å²) < 4.78 is 44.7. The van der Waals surface area contributed by atoms with Gasteiger partial charge < -0.3 is 4.74 Å². The molecule has 0 amide bonds. The highest BCUT2D eigenvalue weighted by molar-refractivity contribution is 6.09. The zero-order valence-electron chi connectivity index (χ0n) is 9.91. The molecule has 19 heavy (non-hydrogen) atoms. The third-order valence-corrected chi connectivity index (χ3v) is 2.57. The molecule has 0 spiro atoms. The number of carbonyl (C=O) groups is 1. The lowest BCUT2D eigenvalue weighted by Gasteiger charge is -2.06. The SMILES string of the molecule is COc1cccc(C(=O)c2c(F)cc(F)cc2F)c1. The molecular formula is C14H9F3O2. The second-order valence-electron chi connectivity index (χ2n) is 3.81. The fourth-order valence-corrected chi connectivity index (χ4v) is 1.67. The van der Waals surface area contributed by atoms with E-state index in [1.165, 1.54) is 25.3 Å². The topological polar surface area (TPSA) is 26.3 Å². The second kappa shape index (κ2) is 5.14. The molecule has 0 aromatic heterocycles. The van der Waals surface area contributed by atoms with Gasteiger partial charge in [0.2, 0.25) is 0 Å². The first kappa shape index (κ1) is 13.1. The van der Waals surface area contributed by atoms with Crippen LogP contribution in [0.4, 0.5) is 13.2 Å². The van der Waals surface area contributed by atoms with E-state index in [-0.39, 0.29) is 5.56 Å². The third kappa shape index (κ3) is 2.59. The van der Waals surface area contributed by atoms with E-state index in [4.69, 9.17) is 4.74 Å². The van der Waals surface area contributed by atoms with E-state index in [0.717, 1.165) is 0 Å². The molecule has 0 fully saturated rings. The fraction of sp³-hybridized carbons (Fsp3) is 0.0714. The van der Waals surface area contributed by atoms with E-state index in [1.54, 1.807) is 6.07 Å². The normalized spacial score (nSPS) is 10.3. The molecule has 0 heterocycles. The van der Waals surface area contributed by atoms with Gasteiger partial charge in [0.25, 0.3) is 0 Å². The molecule has 2 rings (SSSR count). The number of methoxy groups -OCH3 is 1. The number of hydrogen-bond donors (Lipinski definition) is 0. The predicted molar refractivity (Wildman–Crippen MR) is 62.7 cm³/mol. The monoisotopic (exact) mass is 266 g/mol. The Morgan fingerprint density at radius 1 is 1.05 bits per heavy atom. The Morgan fingerprint density at radius 2 is 1.68 bits per heavy atom. The van der Waals surface area contributed by atoms with E-state index in [9.17, 15) is 18.0 Å². The average molecular weight is 266 g/mol. The van der Waals surface area contributed by atoms with Crippen molar-refractivity contribution in [1.82, 2.24) is 0 Å². The van der Waals surface area contributed by atoms with Crippen LogP contribution in [0.3, 0.4) is 0 Å². The van der Waals surface area contributed by atoms with Crippen LogP contribution in [-0.2, 0) is 0 Å². The minimum atomic E-state index is -1.23. The van der Waals surface area contributed by atoms with E-state index in [2.05, 4.69) is 0 Å². The molecule has 0 bridgehead atoms. The van der Waals surface area contributed by atoms with Gasteiger partial charge >= 0.3 is 0 Å². The van der Waals surface area contributed by atoms with Crippen molar-refractivity contribution in [3.63, 3.8) is 0 Å². The minimum absolute atomic E-state index is 0.0590. The lowest BCUT2D eigenvalue weighted by Crippen LogP contribution is -2.08. The van der Waals surface area contributed by atoms with Crippen molar-refractivity contribution in [3.05, 3.63) is 65.0 Å². The molecule has 0 saturated heterocycles. The highest BCUT2D eigenvalue weighted by atomic mass is 19.1. The van der Waals surface area contributed by atoms with Crippen molar-refractivity contribution in [1.29, 1.82) is 0 Å². The minimum Gasteiger partial charge on any atom is -0.497 e. The van der Waals surface area contributed by atoms with Gasteiger partial charge in [0.15, 0.2) is 5.78 Å². The first-order valence-corrected chi connectivity index (χ1v) is 5.36. The van der Waals surface area contributed by atoms with Crippen molar-refractivity contribution >= 4 is 5.78 Å². The summed E-state index contributed by atoms with van der Waals surface area (Å²) in [6.45, 7) is 0. The van der Waals surface area contributed by atoms with Crippen molar-refractivity contribution < 1.29 is 22.7 Å². The molecule has 0 aliphatic rings. The first-order chi connectivity index (χ1) is 9.02. The Bertz CT molecular complexity index is 615. The van der Waals surface area contributed by atoms with Crippen LogP contribution in [0.15, 0.2) is 36.4 Å². The maximum absolute atomic E-state index is 13.5. The van der Waals surface area contributed by atoms with Crippen LogP contribution >= 0.6 is 0 Å². The van der Waals surface area contributed by atoms with Gasteiger partial charge in [-0.15, -0.1) is 0 Å². The lowest BCUT2D eigenvalue weighted by atomic mass is 10.0. The fourth-order valence-electron chi connectivity index (χ4n) is 1.67. The van der Waals surface area contributed by atoms with Gasteiger partial charge in [0.1, 0.15) is 23.2 Å². The van der Waals surface area contributed by atoms with Crippen LogP contribution in [0.1, 0.15) is 15.9 Å². The number of hydrogen-bond acceptors (Lipinski definition) is 2. The van der Waals surface area contributed by atoms with Crippen LogP contribution in [-0.4, -0.2) is 12.9 Å². The maximum atomic E-state index is 13.5. The van der Waals surface area contributed by atoms with E-state index < -0.39 is 28.8 Å². The Kier molecular flexibility index (Phi) is 3.55. The van der Waals surface area contributed by atoms with Crippen molar-refractivity contribution in [2.24, 2.45) is 0 Å². The summed E-state index contributed by atoms with van der Waals surface area (Å²) in [5.74, 6) is -4.02. The van der Waals surface area contributed by atoms with E-state index in [0.29, 0.717) is 17.9 Å². The molecule has 5 heteroatoms. The summed E-state index contributed by atoms with van der Waals surface area (Å²) >= 11 is 0. The number of ketones is 1. The first-order valence-electron chi connectivity index (χ1n) is 5.36. The molecule has 0 aliphatic carbocycles. The Labute approximate surface area is 107 Å². The summed E-state index contributed by atoms with van der Waals surface area (Å²) in [6, 6.07) is 6.80.